The van der Waals surface area contributed by atoms with Crippen molar-refractivity contribution in [2.45, 2.75) is 26.0 Å². The molecule has 2 aromatic carbocycles. The van der Waals surface area contributed by atoms with E-state index in [0.29, 0.717) is 10.0 Å². The summed E-state index contributed by atoms with van der Waals surface area (Å²) in [6, 6.07) is 14.0. The lowest BCUT2D eigenvalue weighted by Gasteiger charge is -2.19. The molecule has 26 heavy (non-hydrogen) atoms. The van der Waals surface area contributed by atoms with Gasteiger partial charge in [-0.05, 0) is 43.2 Å². The van der Waals surface area contributed by atoms with Crippen LogP contribution in [-0.2, 0) is 14.3 Å². The zero-order chi connectivity index (χ0) is 19.1. The zero-order valence-corrected chi connectivity index (χ0v) is 15.9. The second-order valence-corrected chi connectivity index (χ2v) is 6.56. The van der Waals surface area contributed by atoms with E-state index in [1.807, 2.05) is 30.3 Å². The molecule has 0 saturated heterocycles. The highest BCUT2D eigenvalue weighted by molar-refractivity contribution is 6.35. The minimum atomic E-state index is -0.934. The molecule has 0 aliphatic carbocycles. The summed E-state index contributed by atoms with van der Waals surface area (Å²) in [4.78, 5) is 24.1. The highest BCUT2D eigenvalue weighted by Crippen LogP contribution is 2.26. The van der Waals surface area contributed by atoms with Crippen LogP contribution in [0.2, 0.25) is 10.0 Å². The van der Waals surface area contributed by atoms with E-state index in [-0.39, 0.29) is 6.04 Å². The number of benzene rings is 2. The summed E-state index contributed by atoms with van der Waals surface area (Å²) >= 11 is 12.0. The molecule has 1 N–H and O–H groups in total. The lowest BCUT2D eigenvalue weighted by atomic mass is 10.1. The van der Waals surface area contributed by atoms with Crippen molar-refractivity contribution in [1.82, 2.24) is 5.32 Å². The maximum Gasteiger partial charge on any atom is 0.331 e. The van der Waals surface area contributed by atoms with Crippen LogP contribution in [-0.4, -0.2) is 18.0 Å². The summed E-state index contributed by atoms with van der Waals surface area (Å²) in [6.07, 6.45) is 1.98. The standard InChI is InChI=1S/C20H19Cl2NO3/c1-13(17-10-9-16(21)12-18(17)22)23-20(25)14(2)26-19(24)11-8-15-6-4-3-5-7-15/h3-14H,1-2H3,(H,23,25)/b11-8+/t13-,14+/m0/s1. The Morgan fingerprint density at radius 2 is 1.77 bits per heavy atom. The summed E-state index contributed by atoms with van der Waals surface area (Å²) in [7, 11) is 0. The molecule has 2 rings (SSSR count). The molecule has 0 heterocycles. The molecule has 0 radical (unpaired) electrons. The number of esters is 1. The summed E-state index contributed by atoms with van der Waals surface area (Å²) in [5.41, 5.74) is 1.60. The number of hydrogen-bond donors (Lipinski definition) is 1. The van der Waals surface area contributed by atoms with Gasteiger partial charge in [-0.15, -0.1) is 0 Å². The van der Waals surface area contributed by atoms with Crippen LogP contribution >= 0.6 is 23.2 Å². The van der Waals surface area contributed by atoms with Gasteiger partial charge in [0.2, 0.25) is 0 Å². The second kappa shape index (κ2) is 9.41. The molecule has 4 nitrogen and oxygen atoms in total. The number of hydrogen-bond acceptors (Lipinski definition) is 3. The van der Waals surface area contributed by atoms with Crippen molar-refractivity contribution in [3.63, 3.8) is 0 Å². The smallest absolute Gasteiger partial charge is 0.331 e. The van der Waals surface area contributed by atoms with Gasteiger partial charge in [0, 0.05) is 16.1 Å². The van der Waals surface area contributed by atoms with Crippen molar-refractivity contribution >= 4 is 41.2 Å². The number of carbonyl (C=O) groups excluding carboxylic acids is 2. The van der Waals surface area contributed by atoms with Crippen molar-refractivity contribution in [3.8, 4) is 0 Å². The monoisotopic (exact) mass is 391 g/mol. The molecule has 6 heteroatoms. The van der Waals surface area contributed by atoms with Crippen LogP contribution in [0.5, 0.6) is 0 Å². The number of carbonyl (C=O) groups is 2. The van der Waals surface area contributed by atoms with Gasteiger partial charge in [0.05, 0.1) is 6.04 Å². The first kappa shape index (κ1) is 20.0. The van der Waals surface area contributed by atoms with Gasteiger partial charge in [0.25, 0.3) is 5.91 Å². The van der Waals surface area contributed by atoms with Gasteiger partial charge in [-0.1, -0.05) is 59.6 Å². The number of halogens is 2. The third-order valence-corrected chi connectivity index (χ3v) is 4.22. The van der Waals surface area contributed by atoms with E-state index >= 15 is 0 Å². The van der Waals surface area contributed by atoms with Crippen LogP contribution in [0.3, 0.4) is 0 Å². The molecule has 1 amide bonds. The lowest BCUT2D eigenvalue weighted by molar-refractivity contribution is -0.150. The largest absolute Gasteiger partial charge is 0.449 e. The normalized spacial score (nSPS) is 13.2. The van der Waals surface area contributed by atoms with Gasteiger partial charge < -0.3 is 10.1 Å². The Kier molecular flexibility index (Phi) is 7.25. The summed E-state index contributed by atoms with van der Waals surface area (Å²) in [5, 5.41) is 3.74. The number of rotatable bonds is 6. The average molecular weight is 392 g/mol. The molecule has 0 bridgehead atoms. The highest BCUT2D eigenvalue weighted by Gasteiger charge is 2.20. The fraction of sp³-hybridized carbons (Fsp3) is 0.200. The maximum atomic E-state index is 12.2. The quantitative estimate of drug-likeness (QED) is 0.567. The Labute approximate surface area is 162 Å². The molecule has 0 aliphatic heterocycles. The van der Waals surface area contributed by atoms with E-state index in [1.54, 1.807) is 31.2 Å². The second-order valence-electron chi connectivity index (χ2n) is 5.72. The number of nitrogens with one attached hydrogen (secondary N) is 1. The summed E-state index contributed by atoms with van der Waals surface area (Å²) in [6.45, 7) is 3.30. The van der Waals surface area contributed by atoms with Crippen LogP contribution < -0.4 is 5.32 Å². The minimum Gasteiger partial charge on any atom is -0.449 e. The molecular weight excluding hydrogens is 373 g/mol. The molecule has 0 unspecified atom stereocenters. The predicted molar refractivity (Wildman–Crippen MR) is 104 cm³/mol. The van der Waals surface area contributed by atoms with E-state index in [0.717, 1.165) is 11.1 Å². The van der Waals surface area contributed by atoms with E-state index in [9.17, 15) is 9.59 Å². The van der Waals surface area contributed by atoms with E-state index < -0.39 is 18.0 Å². The Morgan fingerprint density at radius 1 is 1.08 bits per heavy atom. The Hall–Kier alpha value is -2.30. The van der Waals surface area contributed by atoms with Crippen molar-refractivity contribution in [1.29, 1.82) is 0 Å². The first-order valence-electron chi connectivity index (χ1n) is 8.06. The van der Waals surface area contributed by atoms with Gasteiger partial charge >= 0.3 is 5.97 Å². The van der Waals surface area contributed by atoms with Crippen LogP contribution in [0.1, 0.15) is 31.0 Å². The predicted octanol–water partition coefficient (Wildman–Crippen LogP) is 4.82. The fourth-order valence-corrected chi connectivity index (χ4v) is 2.83. The van der Waals surface area contributed by atoms with Gasteiger partial charge in [-0.3, -0.25) is 4.79 Å². The third-order valence-electron chi connectivity index (χ3n) is 3.66. The number of ether oxygens (including phenoxy) is 1. The maximum absolute atomic E-state index is 12.2. The molecule has 0 spiro atoms. The number of amides is 1. The third kappa shape index (κ3) is 5.90. The van der Waals surface area contributed by atoms with Crippen molar-refractivity contribution in [3.05, 3.63) is 75.8 Å². The first-order valence-corrected chi connectivity index (χ1v) is 8.81. The van der Waals surface area contributed by atoms with Crippen molar-refractivity contribution < 1.29 is 14.3 Å². The zero-order valence-electron chi connectivity index (χ0n) is 14.4. The average Bonchev–Trinajstić information content (AvgIpc) is 2.60. The molecule has 0 fully saturated rings. The van der Waals surface area contributed by atoms with Crippen molar-refractivity contribution in [2.24, 2.45) is 0 Å². The fourth-order valence-electron chi connectivity index (χ4n) is 2.26. The van der Waals surface area contributed by atoms with Gasteiger partial charge in [0.15, 0.2) is 6.10 Å². The van der Waals surface area contributed by atoms with Crippen LogP contribution in [0.4, 0.5) is 0 Å². The molecule has 0 aromatic heterocycles. The van der Waals surface area contributed by atoms with Crippen LogP contribution in [0.25, 0.3) is 6.08 Å². The summed E-state index contributed by atoms with van der Waals surface area (Å²) in [5.74, 6) is -1.00. The highest BCUT2D eigenvalue weighted by atomic mass is 35.5. The lowest BCUT2D eigenvalue weighted by Crippen LogP contribution is -2.37. The Bertz CT molecular complexity index is 806. The SMILES string of the molecule is C[C@H](NC(=O)[C@@H](C)OC(=O)/C=C/c1ccccc1)c1ccc(Cl)cc1Cl. The summed E-state index contributed by atoms with van der Waals surface area (Å²) < 4.78 is 5.13. The van der Waals surface area contributed by atoms with Gasteiger partial charge in [-0.25, -0.2) is 4.79 Å². The molecule has 2 atom stereocenters. The molecule has 0 aliphatic rings. The molecule has 136 valence electrons. The Balaban J connectivity index is 1.90. The van der Waals surface area contributed by atoms with Crippen LogP contribution in [0.15, 0.2) is 54.6 Å². The van der Waals surface area contributed by atoms with E-state index in [1.165, 1.54) is 13.0 Å². The van der Waals surface area contributed by atoms with Crippen molar-refractivity contribution in [2.75, 3.05) is 0 Å². The molecule has 0 saturated carbocycles. The minimum absolute atomic E-state index is 0.353. The molecule has 2 aromatic rings. The van der Waals surface area contributed by atoms with Gasteiger partial charge in [0.1, 0.15) is 0 Å². The Morgan fingerprint density at radius 3 is 2.42 bits per heavy atom. The molecular formula is C20H19Cl2NO3. The van der Waals surface area contributed by atoms with E-state index in [2.05, 4.69) is 5.32 Å². The van der Waals surface area contributed by atoms with Gasteiger partial charge in [-0.2, -0.15) is 0 Å². The topological polar surface area (TPSA) is 55.4 Å². The van der Waals surface area contributed by atoms with Crippen LogP contribution in [0, 0.1) is 0 Å². The first-order chi connectivity index (χ1) is 12.4. The van der Waals surface area contributed by atoms with E-state index in [4.69, 9.17) is 27.9 Å².